The predicted octanol–water partition coefficient (Wildman–Crippen LogP) is -1.17. The number of anilines is 4. The Balaban J connectivity index is 1.33. The van der Waals surface area contributed by atoms with Crippen LogP contribution in [0, 0.1) is 0 Å². The first-order chi connectivity index (χ1) is 19.9. The molecule has 0 aliphatic carbocycles. The number of aromatic amines is 1. The molecule has 0 spiro atoms. The van der Waals surface area contributed by atoms with Crippen molar-refractivity contribution in [1.29, 1.82) is 0 Å². The van der Waals surface area contributed by atoms with Crippen molar-refractivity contribution in [3.05, 3.63) is 40.2 Å². The zero-order valence-corrected chi connectivity index (χ0v) is 22.2. The molecule has 3 heterocycles. The fourth-order valence-electron chi connectivity index (χ4n) is 4.80. The van der Waals surface area contributed by atoms with E-state index in [0.29, 0.717) is 31.3 Å². The summed E-state index contributed by atoms with van der Waals surface area (Å²) in [6.07, 6.45) is -1.55. The van der Waals surface area contributed by atoms with Crippen LogP contribution < -0.4 is 37.0 Å². The predicted molar refractivity (Wildman–Crippen MR) is 147 cm³/mol. The van der Waals surface area contributed by atoms with Gasteiger partial charge in [0.15, 0.2) is 5.82 Å². The number of aromatic nitrogens is 2. The minimum absolute atomic E-state index is 0.0107. The lowest BCUT2D eigenvalue weighted by molar-refractivity contribution is -0.143. The number of nitrogen functional groups attached to an aromatic ring is 1. The largest absolute Gasteiger partial charge is 0.481 e. The Bertz CT molecular complexity index is 1440. The van der Waals surface area contributed by atoms with Crippen LogP contribution in [0.15, 0.2) is 29.1 Å². The van der Waals surface area contributed by atoms with E-state index in [1.54, 1.807) is 12.1 Å². The summed E-state index contributed by atoms with van der Waals surface area (Å²) in [7, 11) is 0. The third-order valence-electron chi connectivity index (χ3n) is 6.94. The lowest BCUT2D eigenvalue weighted by atomic mass is 10.1. The lowest BCUT2D eigenvalue weighted by Crippen LogP contribution is -2.44. The Kier molecular flexibility index (Phi) is 8.78. The van der Waals surface area contributed by atoms with Crippen LogP contribution in [0.5, 0.6) is 0 Å². The number of benzene rings is 1. The summed E-state index contributed by atoms with van der Waals surface area (Å²) in [4.78, 5) is 81.7. The topological polar surface area (TPSA) is 260 Å². The molecule has 2 aliphatic rings. The number of carbonyl (C=O) groups is 5. The number of rotatable bonds is 12. The van der Waals surface area contributed by atoms with Crippen molar-refractivity contribution < 1.29 is 39.3 Å². The Hall–Kier alpha value is -5.35. The number of nitrogens with two attached hydrogens (primary N) is 1. The van der Waals surface area contributed by atoms with Gasteiger partial charge in [-0.25, -0.2) is 9.59 Å². The summed E-state index contributed by atoms with van der Waals surface area (Å²) in [5, 5.41) is 35.1. The minimum Gasteiger partial charge on any atom is -0.481 e. The van der Waals surface area contributed by atoms with E-state index in [1.165, 1.54) is 12.1 Å². The van der Waals surface area contributed by atoms with E-state index >= 15 is 0 Å². The second-order valence-electron chi connectivity index (χ2n) is 9.86. The van der Waals surface area contributed by atoms with Crippen LogP contribution in [0.1, 0.15) is 36.0 Å². The average molecular weight is 587 g/mol. The monoisotopic (exact) mass is 586 g/mol. The average Bonchev–Trinajstić information content (AvgIpc) is 3.37. The van der Waals surface area contributed by atoms with Gasteiger partial charge in [0.1, 0.15) is 17.8 Å². The fraction of sp³-hybridized carbons (Fsp3) is 0.400. The van der Waals surface area contributed by atoms with Crippen molar-refractivity contribution in [1.82, 2.24) is 20.6 Å². The zero-order valence-electron chi connectivity index (χ0n) is 22.2. The van der Waals surface area contributed by atoms with Gasteiger partial charge < -0.3 is 46.8 Å². The van der Waals surface area contributed by atoms with Gasteiger partial charge in [-0.1, -0.05) is 0 Å². The molecular formula is C25H30N8O9. The third kappa shape index (κ3) is 6.86. The highest BCUT2D eigenvalue weighted by atomic mass is 16.4. The summed E-state index contributed by atoms with van der Waals surface area (Å²) in [5.41, 5.74) is 6.63. The van der Waals surface area contributed by atoms with Crippen LogP contribution >= 0.6 is 0 Å². The zero-order chi connectivity index (χ0) is 30.6. The molecule has 9 N–H and O–H groups in total. The van der Waals surface area contributed by atoms with Gasteiger partial charge >= 0.3 is 17.9 Å². The van der Waals surface area contributed by atoms with Gasteiger partial charge in [-0.05, 0) is 37.1 Å². The second kappa shape index (κ2) is 12.4. The van der Waals surface area contributed by atoms with Crippen molar-refractivity contribution in [2.45, 2.75) is 43.8 Å². The minimum atomic E-state index is -1.44. The van der Waals surface area contributed by atoms with Gasteiger partial charge in [-0.15, -0.1) is 0 Å². The highest BCUT2D eigenvalue weighted by molar-refractivity contribution is 5.97. The Morgan fingerprint density at radius 2 is 1.64 bits per heavy atom. The maximum atomic E-state index is 12.8. The van der Waals surface area contributed by atoms with Gasteiger partial charge in [0, 0.05) is 37.2 Å². The van der Waals surface area contributed by atoms with Crippen molar-refractivity contribution in [3.8, 4) is 0 Å². The second-order valence-corrected chi connectivity index (χ2v) is 9.86. The summed E-state index contributed by atoms with van der Waals surface area (Å²) < 4.78 is 0. The van der Waals surface area contributed by atoms with Crippen LogP contribution in [0.4, 0.5) is 23.1 Å². The highest BCUT2D eigenvalue weighted by Gasteiger charge is 2.37. The molecule has 2 amide bonds. The van der Waals surface area contributed by atoms with Crippen molar-refractivity contribution >= 4 is 52.9 Å². The van der Waals surface area contributed by atoms with Gasteiger partial charge in [-0.2, -0.15) is 4.98 Å². The first-order valence-electron chi connectivity index (χ1n) is 13.0. The first kappa shape index (κ1) is 29.6. The van der Waals surface area contributed by atoms with Crippen molar-refractivity contribution in [3.63, 3.8) is 0 Å². The fourth-order valence-corrected chi connectivity index (χ4v) is 4.80. The van der Waals surface area contributed by atoms with Crippen LogP contribution in [-0.4, -0.2) is 92.9 Å². The van der Waals surface area contributed by atoms with Crippen molar-refractivity contribution in [2.24, 2.45) is 0 Å². The summed E-state index contributed by atoms with van der Waals surface area (Å²) in [6, 6.07) is 3.54. The van der Waals surface area contributed by atoms with Crippen molar-refractivity contribution in [2.75, 3.05) is 40.6 Å². The Morgan fingerprint density at radius 3 is 2.29 bits per heavy atom. The molecule has 1 aromatic carbocycles. The molecule has 17 nitrogen and oxygen atoms in total. The molecule has 1 aromatic heterocycles. The van der Waals surface area contributed by atoms with Gasteiger partial charge in [0.05, 0.1) is 12.7 Å². The number of hydrogen-bond acceptors (Lipinski definition) is 11. The molecule has 2 aromatic rings. The maximum absolute atomic E-state index is 12.8. The molecular weight excluding hydrogens is 556 g/mol. The number of aliphatic carboxylic acids is 3. The molecule has 0 unspecified atom stereocenters. The smallest absolute Gasteiger partial charge is 0.326 e. The lowest BCUT2D eigenvalue weighted by Gasteiger charge is -2.31. The number of hydrogen-bond donors (Lipinski definition) is 8. The van der Waals surface area contributed by atoms with E-state index in [9.17, 15) is 33.9 Å². The summed E-state index contributed by atoms with van der Waals surface area (Å²) >= 11 is 0. The number of nitrogens with one attached hydrogen (secondary N) is 4. The number of carboxylic acids is 3. The summed E-state index contributed by atoms with van der Waals surface area (Å²) in [5.74, 6) is -5.09. The number of amides is 2. The molecule has 2 aliphatic heterocycles. The molecule has 4 rings (SSSR count). The molecule has 17 heteroatoms. The van der Waals surface area contributed by atoms with Crippen LogP contribution in [0.2, 0.25) is 0 Å². The number of H-pyrrole nitrogens is 1. The Morgan fingerprint density at radius 1 is 1.00 bits per heavy atom. The van der Waals surface area contributed by atoms with E-state index in [4.69, 9.17) is 15.9 Å². The summed E-state index contributed by atoms with van der Waals surface area (Å²) in [6.45, 7) is 1.53. The van der Waals surface area contributed by atoms with Gasteiger partial charge in [-0.3, -0.25) is 24.2 Å². The SMILES string of the molecule is Nc1nc2c(c(=O)[nH]1)N1CN(c3ccc(C(=O)N[C@@H](CCC(=O)N[C@@H](CCC(=O)O)C(=O)O)C(=O)O)cc3)C[C@H]1CN2. The van der Waals surface area contributed by atoms with E-state index in [0.717, 1.165) is 5.69 Å². The number of carboxylic acid groups (broad SMARTS) is 3. The maximum Gasteiger partial charge on any atom is 0.326 e. The van der Waals surface area contributed by atoms with E-state index in [-0.39, 0.29) is 36.0 Å². The normalized spacial score (nSPS) is 16.8. The van der Waals surface area contributed by atoms with Gasteiger partial charge in [0.2, 0.25) is 11.9 Å². The molecule has 1 saturated heterocycles. The molecule has 3 atom stereocenters. The number of carbonyl (C=O) groups excluding carboxylic acids is 2. The van der Waals surface area contributed by atoms with E-state index in [2.05, 4.69) is 25.9 Å². The molecule has 0 radical (unpaired) electrons. The number of fused-ring (bicyclic) bond motifs is 3. The van der Waals surface area contributed by atoms with E-state index < -0.39 is 54.6 Å². The van der Waals surface area contributed by atoms with Crippen LogP contribution in [-0.2, 0) is 19.2 Å². The standard InChI is InChI=1S/C25H30N8O9/c26-25-30-20-19(22(38)31-25)33-11-32(10-14(33)9-27-20)13-3-1-12(2-4-13)21(37)29-16(24(41)42)5-7-17(34)28-15(23(39)40)6-8-18(35)36/h1-4,14-16H,5-11H2,(H,28,34)(H,29,37)(H,35,36)(H,39,40)(H,41,42)(H4,26,27,30,31,38)/t14-,15+,16+/m1/s1. The quantitative estimate of drug-likeness (QED) is 0.146. The van der Waals surface area contributed by atoms with Crippen LogP contribution in [0.25, 0.3) is 0 Å². The highest BCUT2D eigenvalue weighted by Crippen LogP contribution is 2.32. The first-order valence-corrected chi connectivity index (χ1v) is 13.0. The third-order valence-corrected chi connectivity index (χ3v) is 6.94. The number of nitrogens with zero attached hydrogens (tertiary/aromatic N) is 3. The van der Waals surface area contributed by atoms with Crippen LogP contribution in [0.3, 0.4) is 0 Å². The molecule has 224 valence electrons. The molecule has 42 heavy (non-hydrogen) atoms. The molecule has 0 saturated carbocycles. The molecule has 0 bridgehead atoms. The van der Waals surface area contributed by atoms with Gasteiger partial charge in [0.25, 0.3) is 11.5 Å². The van der Waals surface area contributed by atoms with E-state index in [1.807, 2.05) is 9.80 Å². The Labute approximate surface area is 237 Å². The molecule has 1 fully saturated rings.